The number of hydrogen-bond donors (Lipinski definition) is 1. The number of nitrogens with one attached hydrogen (secondary N) is 1. The van der Waals surface area contributed by atoms with Crippen LogP contribution >= 0.6 is 23.2 Å². The smallest absolute Gasteiger partial charge is 0.256 e. The molecule has 0 radical (unpaired) electrons. The molecular weight excluding hydrogens is 319 g/mol. The van der Waals surface area contributed by atoms with Crippen molar-refractivity contribution in [2.45, 2.75) is 0 Å². The van der Waals surface area contributed by atoms with Crippen molar-refractivity contribution in [1.29, 1.82) is 0 Å². The lowest BCUT2D eigenvalue weighted by atomic mass is 10.0. The number of nitrogens with zero attached hydrogens (tertiary/aromatic N) is 1. The SMILES string of the molecule is CN(C)c1ccc(/C=C2\C(=O)Nc3c2ccc(Cl)c3Cl)cc1. The normalized spacial score (nSPS) is 14.9. The molecule has 0 bridgehead atoms. The fourth-order valence-corrected chi connectivity index (χ4v) is 2.75. The Kier molecular flexibility index (Phi) is 3.85. The molecule has 22 heavy (non-hydrogen) atoms. The van der Waals surface area contributed by atoms with E-state index in [0.717, 1.165) is 16.8 Å². The zero-order chi connectivity index (χ0) is 15.9. The summed E-state index contributed by atoms with van der Waals surface area (Å²) in [5.74, 6) is -0.171. The van der Waals surface area contributed by atoms with Crippen LogP contribution in [0.5, 0.6) is 0 Å². The van der Waals surface area contributed by atoms with E-state index in [2.05, 4.69) is 5.32 Å². The molecule has 0 aliphatic carbocycles. The highest BCUT2D eigenvalue weighted by atomic mass is 35.5. The second-order valence-corrected chi connectivity index (χ2v) is 6.07. The van der Waals surface area contributed by atoms with Crippen LogP contribution in [0.3, 0.4) is 0 Å². The van der Waals surface area contributed by atoms with Gasteiger partial charge in [-0.2, -0.15) is 0 Å². The fourth-order valence-electron chi connectivity index (χ4n) is 2.38. The number of fused-ring (bicyclic) bond motifs is 1. The molecule has 0 aromatic heterocycles. The molecule has 0 atom stereocenters. The average Bonchev–Trinajstić information content (AvgIpc) is 2.81. The number of benzene rings is 2. The lowest BCUT2D eigenvalue weighted by molar-refractivity contribution is -0.110. The van der Waals surface area contributed by atoms with E-state index in [-0.39, 0.29) is 5.91 Å². The summed E-state index contributed by atoms with van der Waals surface area (Å²) in [6.07, 6.45) is 1.85. The first kappa shape index (κ1) is 14.9. The standard InChI is InChI=1S/C17H14Cl2N2O/c1-21(2)11-5-3-10(4-6-11)9-13-12-7-8-14(18)15(19)16(12)20-17(13)22/h3-9H,1-2H3,(H,20,22)/b13-9-. The van der Waals surface area contributed by atoms with Gasteiger partial charge in [0.1, 0.15) is 0 Å². The number of rotatable bonds is 2. The highest BCUT2D eigenvalue weighted by Crippen LogP contribution is 2.41. The largest absolute Gasteiger partial charge is 0.378 e. The van der Waals surface area contributed by atoms with Crippen LogP contribution in [0.1, 0.15) is 11.1 Å². The molecule has 0 saturated carbocycles. The van der Waals surface area contributed by atoms with Gasteiger partial charge in [-0.1, -0.05) is 41.4 Å². The Morgan fingerprint density at radius 1 is 1.05 bits per heavy atom. The number of carbonyl (C=O) groups is 1. The van der Waals surface area contributed by atoms with Crippen molar-refractivity contribution < 1.29 is 4.79 Å². The van der Waals surface area contributed by atoms with Gasteiger partial charge in [-0.3, -0.25) is 4.79 Å². The number of carbonyl (C=O) groups excluding carboxylic acids is 1. The predicted molar refractivity (Wildman–Crippen MR) is 93.7 cm³/mol. The molecule has 0 spiro atoms. The Morgan fingerprint density at radius 3 is 2.36 bits per heavy atom. The van der Waals surface area contributed by atoms with Gasteiger partial charge in [-0.05, 0) is 29.8 Å². The Morgan fingerprint density at radius 2 is 1.73 bits per heavy atom. The van der Waals surface area contributed by atoms with E-state index < -0.39 is 0 Å². The summed E-state index contributed by atoms with van der Waals surface area (Å²) in [6, 6.07) is 11.5. The van der Waals surface area contributed by atoms with Crippen molar-refractivity contribution >= 4 is 52.1 Å². The van der Waals surface area contributed by atoms with Crippen molar-refractivity contribution in [3.63, 3.8) is 0 Å². The quantitative estimate of drug-likeness (QED) is 0.818. The summed E-state index contributed by atoms with van der Waals surface area (Å²) >= 11 is 12.1. The molecule has 3 rings (SSSR count). The van der Waals surface area contributed by atoms with E-state index in [1.165, 1.54) is 0 Å². The lowest BCUT2D eigenvalue weighted by Crippen LogP contribution is -2.08. The second kappa shape index (κ2) is 5.67. The maximum Gasteiger partial charge on any atom is 0.256 e. The minimum absolute atomic E-state index is 0.171. The van der Waals surface area contributed by atoms with Crippen LogP contribution in [0, 0.1) is 0 Å². The molecular formula is C17H14Cl2N2O. The highest BCUT2D eigenvalue weighted by molar-refractivity contribution is 6.47. The summed E-state index contributed by atoms with van der Waals surface area (Å²) in [7, 11) is 3.97. The number of amides is 1. The summed E-state index contributed by atoms with van der Waals surface area (Å²) in [5, 5.41) is 3.58. The highest BCUT2D eigenvalue weighted by Gasteiger charge is 2.27. The van der Waals surface area contributed by atoms with Gasteiger partial charge in [0.05, 0.1) is 15.7 Å². The third-order valence-electron chi connectivity index (χ3n) is 3.59. The maximum absolute atomic E-state index is 12.2. The van der Waals surface area contributed by atoms with Crippen molar-refractivity contribution in [3.8, 4) is 0 Å². The third kappa shape index (κ3) is 2.58. The average molecular weight is 333 g/mol. The van der Waals surface area contributed by atoms with Crippen molar-refractivity contribution in [2.75, 3.05) is 24.3 Å². The third-order valence-corrected chi connectivity index (χ3v) is 4.39. The van der Waals surface area contributed by atoms with Gasteiger partial charge in [0.2, 0.25) is 0 Å². The molecule has 3 nitrogen and oxygen atoms in total. The first-order valence-electron chi connectivity index (χ1n) is 6.76. The van der Waals surface area contributed by atoms with Crippen molar-refractivity contribution in [2.24, 2.45) is 0 Å². The van der Waals surface area contributed by atoms with Gasteiger partial charge in [-0.25, -0.2) is 0 Å². The van der Waals surface area contributed by atoms with Gasteiger partial charge in [0, 0.05) is 30.9 Å². The van der Waals surface area contributed by atoms with E-state index in [9.17, 15) is 4.79 Å². The summed E-state index contributed by atoms with van der Waals surface area (Å²) < 4.78 is 0. The van der Waals surface area contributed by atoms with Crippen LogP contribution in [0.4, 0.5) is 11.4 Å². The minimum Gasteiger partial charge on any atom is -0.378 e. The van der Waals surface area contributed by atoms with Crippen molar-refractivity contribution in [3.05, 3.63) is 57.6 Å². The summed E-state index contributed by atoms with van der Waals surface area (Å²) in [6.45, 7) is 0. The van der Waals surface area contributed by atoms with E-state index >= 15 is 0 Å². The van der Waals surface area contributed by atoms with Gasteiger partial charge in [0.25, 0.3) is 5.91 Å². The molecule has 1 amide bonds. The van der Waals surface area contributed by atoms with Crippen molar-refractivity contribution in [1.82, 2.24) is 0 Å². The minimum atomic E-state index is -0.171. The van der Waals surface area contributed by atoms with E-state index in [1.54, 1.807) is 6.07 Å². The van der Waals surface area contributed by atoms with Gasteiger partial charge >= 0.3 is 0 Å². The van der Waals surface area contributed by atoms with E-state index in [4.69, 9.17) is 23.2 Å². The fraction of sp³-hybridized carbons (Fsp3) is 0.118. The van der Waals surface area contributed by atoms with E-state index in [0.29, 0.717) is 21.3 Å². The topological polar surface area (TPSA) is 32.3 Å². The summed E-state index contributed by atoms with van der Waals surface area (Å²) in [5.41, 5.74) is 4.00. The molecule has 2 aromatic carbocycles. The molecule has 1 heterocycles. The molecule has 2 aromatic rings. The van der Waals surface area contributed by atoms with Gasteiger partial charge < -0.3 is 10.2 Å². The first-order valence-corrected chi connectivity index (χ1v) is 7.52. The number of halogens is 2. The lowest BCUT2D eigenvalue weighted by Gasteiger charge is -2.11. The summed E-state index contributed by atoms with van der Waals surface area (Å²) in [4.78, 5) is 14.2. The Labute approximate surface area is 139 Å². The Hall–Kier alpha value is -1.97. The zero-order valence-electron chi connectivity index (χ0n) is 12.2. The Bertz CT molecular complexity index is 780. The molecule has 112 valence electrons. The molecule has 1 aliphatic heterocycles. The Balaban J connectivity index is 2.02. The maximum atomic E-state index is 12.2. The van der Waals surface area contributed by atoms with Crippen LogP contribution in [0.2, 0.25) is 10.0 Å². The second-order valence-electron chi connectivity index (χ2n) is 5.28. The number of hydrogen-bond acceptors (Lipinski definition) is 2. The molecule has 1 N–H and O–H groups in total. The van der Waals surface area contributed by atoms with Crippen LogP contribution in [0.25, 0.3) is 11.6 Å². The van der Waals surface area contributed by atoms with Gasteiger partial charge in [0.15, 0.2) is 0 Å². The van der Waals surface area contributed by atoms with Crippen LogP contribution in [-0.2, 0) is 4.79 Å². The molecule has 1 aliphatic rings. The van der Waals surface area contributed by atoms with Crippen LogP contribution < -0.4 is 10.2 Å². The van der Waals surface area contributed by atoms with Gasteiger partial charge in [-0.15, -0.1) is 0 Å². The van der Waals surface area contributed by atoms with Crippen LogP contribution in [-0.4, -0.2) is 20.0 Å². The van der Waals surface area contributed by atoms with E-state index in [1.807, 2.05) is 55.4 Å². The number of anilines is 2. The molecule has 0 saturated heterocycles. The monoisotopic (exact) mass is 332 g/mol. The molecule has 0 fully saturated rings. The molecule has 5 heteroatoms. The zero-order valence-corrected chi connectivity index (χ0v) is 13.7. The molecule has 0 unspecified atom stereocenters. The van der Waals surface area contributed by atoms with Crippen LogP contribution in [0.15, 0.2) is 36.4 Å². The first-order chi connectivity index (χ1) is 10.5. The predicted octanol–water partition coefficient (Wildman–Crippen LogP) is 4.55.